The quantitative estimate of drug-likeness (QED) is 0.646. The summed E-state index contributed by atoms with van der Waals surface area (Å²) in [5.41, 5.74) is 2.81. The van der Waals surface area contributed by atoms with Gasteiger partial charge in [-0.2, -0.15) is 0 Å². The Balaban J connectivity index is 2.25. The Hall–Kier alpha value is -1.58. The molecule has 0 radical (unpaired) electrons. The summed E-state index contributed by atoms with van der Waals surface area (Å²) in [5, 5.41) is 1.81. The standard InChI is InChI=1S/C14H10Cl2N2O/c1-7-8(2)18-14(16)12(17-7)11-6-9-4-3-5-10(15)13(9)19-11/h3-6H,1-2H3. The van der Waals surface area contributed by atoms with Gasteiger partial charge in [-0.15, -0.1) is 0 Å². The lowest BCUT2D eigenvalue weighted by Gasteiger charge is -2.03. The van der Waals surface area contributed by atoms with Gasteiger partial charge in [-0.3, -0.25) is 0 Å². The van der Waals surface area contributed by atoms with Crippen LogP contribution in [-0.2, 0) is 0 Å². The molecule has 0 saturated heterocycles. The SMILES string of the molecule is Cc1nc(Cl)c(-c2cc3cccc(Cl)c3o2)nc1C. The lowest BCUT2D eigenvalue weighted by molar-refractivity contribution is 0.628. The molecule has 0 bridgehead atoms. The van der Waals surface area contributed by atoms with Gasteiger partial charge in [0.15, 0.2) is 16.5 Å². The fourth-order valence-corrected chi connectivity index (χ4v) is 2.36. The van der Waals surface area contributed by atoms with Gasteiger partial charge in [0.2, 0.25) is 0 Å². The van der Waals surface area contributed by atoms with E-state index >= 15 is 0 Å². The zero-order valence-corrected chi connectivity index (χ0v) is 11.9. The zero-order chi connectivity index (χ0) is 13.6. The average molecular weight is 293 g/mol. The summed E-state index contributed by atoms with van der Waals surface area (Å²) in [7, 11) is 0. The van der Waals surface area contributed by atoms with Crippen LogP contribution in [0.2, 0.25) is 10.2 Å². The molecular weight excluding hydrogens is 283 g/mol. The molecule has 2 heterocycles. The Kier molecular flexibility index (Phi) is 2.96. The van der Waals surface area contributed by atoms with E-state index in [1.165, 1.54) is 0 Å². The Morgan fingerprint density at radius 3 is 2.53 bits per heavy atom. The van der Waals surface area contributed by atoms with E-state index in [4.69, 9.17) is 27.6 Å². The average Bonchev–Trinajstić information content (AvgIpc) is 2.79. The van der Waals surface area contributed by atoms with Crippen molar-refractivity contribution in [3.05, 3.63) is 45.8 Å². The van der Waals surface area contributed by atoms with Crippen LogP contribution >= 0.6 is 23.2 Å². The lowest BCUT2D eigenvalue weighted by atomic mass is 10.2. The summed E-state index contributed by atoms with van der Waals surface area (Å²) in [6.07, 6.45) is 0. The molecule has 3 rings (SSSR count). The van der Waals surface area contributed by atoms with Crippen LogP contribution in [0.4, 0.5) is 0 Å². The number of halogens is 2. The van der Waals surface area contributed by atoms with Gasteiger partial charge in [-0.25, -0.2) is 9.97 Å². The van der Waals surface area contributed by atoms with E-state index in [1.807, 2.05) is 32.0 Å². The molecule has 0 N–H and O–H groups in total. The topological polar surface area (TPSA) is 38.9 Å². The Morgan fingerprint density at radius 2 is 1.79 bits per heavy atom. The molecule has 3 nitrogen and oxygen atoms in total. The summed E-state index contributed by atoms with van der Waals surface area (Å²) in [6.45, 7) is 3.76. The minimum Gasteiger partial charge on any atom is -0.453 e. The first-order chi connectivity index (χ1) is 9.06. The molecule has 0 atom stereocenters. The molecule has 0 saturated carbocycles. The van der Waals surface area contributed by atoms with E-state index in [0.717, 1.165) is 16.8 Å². The van der Waals surface area contributed by atoms with Crippen molar-refractivity contribution < 1.29 is 4.42 Å². The molecule has 3 aromatic rings. The second-order valence-corrected chi connectivity index (χ2v) is 5.07. The van der Waals surface area contributed by atoms with Gasteiger partial charge in [0.1, 0.15) is 5.69 Å². The van der Waals surface area contributed by atoms with Crippen molar-refractivity contribution in [1.29, 1.82) is 0 Å². The number of hydrogen-bond donors (Lipinski definition) is 0. The van der Waals surface area contributed by atoms with Crippen molar-refractivity contribution in [3.63, 3.8) is 0 Å². The minimum atomic E-state index is 0.332. The van der Waals surface area contributed by atoms with Crippen LogP contribution in [0.15, 0.2) is 28.7 Å². The van der Waals surface area contributed by atoms with E-state index in [2.05, 4.69) is 9.97 Å². The molecule has 5 heteroatoms. The van der Waals surface area contributed by atoms with E-state index < -0.39 is 0 Å². The molecule has 2 aromatic heterocycles. The second-order valence-electron chi connectivity index (χ2n) is 4.30. The van der Waals surface area contributed by atoms with E-state index in [0.29, 0.717) is 27.2 Å². The summed E-state index contributed by atoms with van der Waals surface area (Å²) in [4.78, 5) is 8.69. The highest BCUT2D eigenvalue weighted by Crippen LogP contribution is 2.33. The van der Waals surface area contributed by atoms with Gasteiger partial charge in [-0.1, -0.05) is 35.3 Å². The third kappa shape index (κ3) is 2.09. The minimum absolute atomic E-state index is 0.332. The molecule has 0 fully saturated rings. The van der Waals surface area contributed by atoms with Crippen LogP contribution in [0, 0.1) is 13.8 Å². The van der Waals surface area contributed by atoms with Gasteiger partial charge in [0.25, 0.3) is 0 Å². The van der Waals surface area contributed by atoms with Gasteiger partial charge in [-0.05, 0) is 26.0 Å². The summed E-state index contributed by atoms with van der Waals surface area (Å²) >= 11 is 12.2. The first-order valence-corrected chi connectivity index (χ1v) is 6.51. The molecule has 0 unspecified atom stereocenters. The fraction of sp³-hybridized carbons (Fsp3) is 0.143. The lowest BCUT2D eigenvalue weighted by Crippen LogP contribution is -1.95. The predicted octanol–water partition coefficient (Wildman–Crippen LogP) is 4.81. The van der Waals surface area contributed by atoms with Crippen LogP contribution < -0.4 is 0 Å². The van der Waals surface area contributed by atoms with Gasteiger partial charge >= 0.3 is 0 Å². The number of para-hydroxylation sites is 1. The van der Waals surface area contributed by atoms with Crippen LogP contribution in [0.25, 0.3) is 22.4 Å². The number of fused-ring (bicyclic) bond motifs is 1. The van der Waals surface area contributed by atoms with Crippen molar-refractivity contribution in [2.75, 3.05) is 0 Å². The smallest absolute Gasteiger partial charge is 0.158 e. The number of hydrogen-bond acceptors (Lipinski definition) is 3. The molecule has 0 aliphatic heterocycles. The molecule has 0 aliphatic carbocycles. The molecular formula is C14H10Cl2N2O. The van der Waals surface area contributed by atoms with Crippen molar-refractivity contribution in [2.24, 2.45) is 0 Å². The van der Waals surface area contributed by atoms with Gasteiger partial charge in [0.05, 0.1) is 16.4 Å². The highest BCUT2D eigenvalue weighted by Gasteiger charge is 2.15. The highest BCUT2D eigenvalue weighted by molar-refractivity contribution is 6.35. The first kappa shape index (κ1) is 12.5. The highest BCUT2D eigenvalue weighted by atomic mass is 35.5. The second kappa shape index (κ2) is 4.51. The van der Waals surface area contributed by atoms with Crippen molar-refractivity contribution in [2.45, 2.75) is 13.8 Å². The van der Waals surface area contributed by atoms with E-state index in [1.54, 1.807) is 6.07 Å². The summed E-state index contributed by atoms with van der Waals surface area (Å²) in [5.74, 6) is 0.573. The molecule has 19 heavy (non-hydrogen) atoms. The van der Waals surface area contributed by atoms with Crippen molar-refractivity contribution >= 4 is 34.2 Å². The van der Waals surface area contributed by atoms with Crippen molar-refractivity contribution in [3.8, 4) is 11.5 Å². The first-order valence-electron chi connectivity index (χ1n) is 5.75. The summed E-state index contributed by atoms with van der Waals surface area (Å²) < 4.78 is 5.74. The number of aryl methyl sites for hydroxylation is 2. The fourth-order valence-electron chi connectivity index (χ4n) is 1.88. The maximum atomic E-state index is 6.14. The Morgan fingerprint density at radius 1 is 1.05 bits per heavy atom. The van der Waals surface area contributed by atoms with Crippen LogP contribution in [0.1, 0.15) is 11.4 Å². The maximum Gasteiger partial charge on any atom is 0.158 e. The van der Waals surface area contributed by atoms with Crippen LogP contribution in [0.3, 0.4) is 0 Å². The van der Waals surface area contributed by atoms with Crippen molar-refractivity contribution in [1.82, 2.24) is 9.97 Å². The molecule has 0 spiro atoms. The number of furan rings is 1. The van der Waals surface area contributed by atoms with Gasteiger partial charge in [0, 0.05) is 5.39 Å². The normalized spacial score (nSPS) is 11.2. The largest absolute Gasteiger partial charge is 0.453 e. The maximum absolute atomic E-state index is 6.14. The zero-order valence-electron chi connectivity index (χ0n) is 10.4. The molecule has 0 aliphatic rings. The monoisotopic (exact) mass is 292 g/mol. The number of aromatic nitrogens is 2. The Bertz CT molecular complexity index is 780. The predicted molar refractivity (Wildman–Crippen MR) is 76.7 cm³/mol. The molecule has 96 valence electrons. The third-order valence-corrected chi connectivity index (χ3v) is 3.55. The number of benzene rings is 1. The molecule has 1 aromatic carbocycles. The van der Waals surface area contributed by atoms with Crippen LogP contribution in [0.5, 0.6) is 0 Å². The summed E-state index contributed by atoms with van der Waals surface area (Å²) in [6, 6.07) is 7.45. The third-order valence-electron chi connectivity index (χ3n) is 2.99. The van der Waals surface area contributed by atoms with Crippen LogP contribution in [-0.4, -0.2) is 9.97 Å². The Labute approximate surface area is 120 Å². The van der Waals surface area contributed by atoms with Gasteiger partial charge < -0.3 is 4.42 Å². The number of nitrogens with zero attached hydrogens (tertiary/aromatic N) is 2. The van der Waals surface area contributed by atoms with E-state index in [-0.39, 0.29) is 0 Å². The molecule has 0 amide bonds. The number of rotatable bonds is 1. The van der Waals surface area contributed by atoms with E-state index in [9.17, 15) is 0 Å².